The summed E-state index contributed by atoms with van der Waals surface area (Å²) in [7, 11) is 0. The summed E-state index contributed by atoms with van der Waals surface area (Å²) in [6.45, 7) is 3.18. The number of nitrogens with one attached hydrogen (secondary N) is 1. The summed E-state index contributed by atoms with van der Waals surface area (Å²) in [4.78, 5) is 12.1. The van der Waals surface area contributed by atoms with E-state index in [1.807, 2.05) is 24.4 Å². The molecule has 8 heteroatoms. The fourth-order valence-corrected chi connectivity index (χ4v) is 4.82. The van der Waals surface area contributed by atoms with Crippen molar-refractivity contribution in [2.45, 2.75) is 31.7 Å². The third kappa shape index (κ3) is 2.16. The van der Waals surface area contributed by atoms with Gasteiger partial charge in [-0.15, -0.1) is 10.2 Å². The molecule has 3 aromatic heterocycles. The number of benzene rings is 1. The van der Waals surface area contributed by atoms with Crippen molar-refractivity contribution in [3.8, 4) is 28.3 Å². The SMILES string of the molecule is CCC12CCCN1c1nc(-c3cn[nH]c3-c3ccccc3)ncc1-n1cnnc12. The molecule has 8 nitrogen and oxygen atoms in total. The van der Waals surface area contributed by atoms with Crippen molar-refractivity contribution in [1.29, 1.82) is 0 Å². The lowest BCUT2D eigenvalue weighted by Gasteiger charge is -2.42. The predicted octanol–water partition coefficient (Wildman–Crippen LogP) is 3.33. The Hall–Kier alpha value is -3.55. The van der Waals surface area contributed by atoms with E-state index >= 15 is 0 Å². The summed E-state index contributed by atoms with van der Waals surface area (Å²) in [5, 5.41) is 16.0. The molecule has 1 aromatic carbocycles. The summed E-state index contributed by atoms with van der Waals surface area (Å²) >= 11 is 0. The molecule has 0 bridgehead atoms. The molecule has 0 amide bonds. The van der Waals surface area contributed by atoms with Crippen LogP contribution in [0.2, 0.25) is 0 Å². The first-order chi connectivity index (χ1) is 14.3. The van der Waals surface area contributed by atoms with Crippen LogP contribution in [0.5, 0.6) is 0 Å². The maximum Gasteiger partial charge on any atom is 0.165 e. The van der Waals surface area contributed by atoms with E-state index < -0.39 is 0 Å². The molecular weight excluding hydrogens is 364 g/mol. The van der Waals surface area contributed by atoms with E-state index in [0.717, 1.165) is 60.0 Å². The molecular formula is C21H20N8. The van der Waals surface area contributed by atoms with E-state index in [4.69, 9.17) is 4.98 Å². The Morgan fingerprint density at radius 2 is 2.07 bits per heavy atom. The second kappa shape index (κ2) is 5.97. The highest BCUT2D eigenvalue weighted by Crippen LogP contribution is 2.48. The van der Waals surface area contributed by atoms with Crippen molar-refractivity contribution in [3.05, 3.63) is 54.9 Å². The zero-order valence-corrected chi connectivity index (χ0v) is 16.1. The van der Waals surface area contributed by atoms with E-state index in [-0.39, 0.29) is 5.54 Å². The Balaban J connectivity index is 1.54. The van der Waals surface area contributed by atoms with Gasteiger partial charge in [-0.05, 0) is 19.3 Å². The molecule has 4 aromatic rings. The first-order valence-corrected chi connectivity index (χ1v) is 9.96. The normalized spacial score (nSPS) is 19.7. The molecule has 2 aliphatic heterocycles. The predicted molar refractivity (Wildman–Crippen MR) is 109 cm³/mol. The number of aromatic nitrogens is 7. The van der Waals surface area contributed by atoms with Gasteiger partial charge in [0, 0.05) is 12.1 Å². The summed E-state index contributed by atoms with van der Waals surface area (Å²) in [6, 6.07) is 10.1. The molecule has 1 N–H and O–H groups in total. The van der Waals surface area contributed by atoms with Gasteiger partial charge in [0.15, 0.2) is 17.5 Å². The molecule has 1 atom stereocenters. The highest BCUT2D eigenvalue weighted by molar-refractivity contribution is 5.78. The average molecular weight is 384 g/mol. The number of nitrogens with zero attached hydrogens (tertiary/aromatic N) is 7. The first kappa shape index (κ1) is 16.4. The number of anilines is 1. The number of aromatic amines is 1. The van der Waals surface area contributed by atoms with Crippen LogP contribution in [0.25, 0.3) is 28.3 Å². The summed E-state index contributed by atoms with van der Waals surface area (Å²) in [5.41, 5.74) is 3.67. The van der Waals surface area contributed by atoms with E-state index in [9.17, 15) is 0 Å². The molecule has 0 spiro atoms. The number of hydrogen-bond donors (Lipinski definition) is 1. The molecule has 0 aliphatic carbocycles. The van der Waals surface area contributed by atoms with Crippen LogP contribution in [0.15, 0.2) is 49.1 Å². The van der Waals surface area contributed by atoms with Crippen LogP contribution in [-0.2, 0) is 5.54 Å². The van der Waals surface area contributed by atoms with Gasteiger partial charge in [0.05, 0.1) is 23.7 Å². The van der Waals surface area contributed by atoms with Crippen LogP contribution in [0, 0.1) is 0 Å². The Labute approximate surface area is 167 Å². The van der Waals surface area contributed by atoms with E-state index in [1.165, 1.54) is 0 Å². The lowest BCUT2D eigenvalue weighted by Crippen LogP contribution is -2.46. The molecule has 29 heavy (non-hydrogen) atoms. The highest BCUT2D eigenvalue weighted by Gasteiger charge is 2.49. The lowest BCUT2D eigenvalue weighted by atomic mass is 9.90. The summed E-state index contributed by atoms with van der Waals surface area (Å²) in [6.07, 6.45) is 8.59. The van der Waals surface area contributed by atoms with Crippen LogP contribution in [0.1, 0.15) is 32.0 Å². The van der Waals surface area contributed by atoms with Gasteiger partial charge in [0.1, 0.15) is 17.6 Å². The first-order valence-electron chi connectivity index (χ1n) is 9.96. The maximum absolute atomic E-state index is 5.03. The molecule has 2 aliphatic rings. The van der Waals surface area contributed by atoms with Gasteiger partial charge >= 0.3 is 0 Å². The van der Waals surface area contributed by atoms with Gasteiger partial charge in [-0.3, -0.25) is 9.67 Å². The van der Waals surface area contributed by atoms with Crippen molar-refractivity contribution in [2.75, 3.05) is 11.4 Å². The minimum Gasteiger partial charge on any atom is -0.342 e. The van der Waals surface area contributed by atoms with Crippen molar-refractivity contribution >= 4 is 5.82 Å². The minimum absolute atomic E-state index is 0.145. The van der Waals surface area contributed by atoms with Crippen molar-refractivity contribution in [2.24, 2.45) is 0 Å². The quantitative estimate of drug-likeness (QED) is 0.583. The standard InChI is InChI=1S/C21H20N8/c1-2-21-9-6-10-29(21)19-16(28-13-24-27-20(21)28)12-22-18(25-19)15-11-23-26-17(15)14-7-4-3-5-8-14/h3-5,7-8,11-13H,2,6,9-10H2,1H3,(H,23,26). The van der Waals surface area contributed by atoms with Crippen LogP contribution in [0.3, 0.4) is 0 Å². The number of H-pyrrole nitrogens is 1. The molecule has 1 fully saturated rings. The number of hydrogen-bond acceptors (Lipinski definition) is 6. The van der Waals surface area contributed by atoms with Crippen molar-refractivity contribution < 1.29 is 0 Å². The van der Waals surface area contributed by atoms with E-state index in [2.05, 4.69) is 53.9 Å². The van der Waals surface area contributed by atoms with Crippen LogP contribution in [0.4, 0.5) is 5.82 Å². The molecule has 1 saturated heterocycles. The van der Waals surface area contributed by atoms with Gasteiger partial charge in [-0.25, -0.2) is 9.97 Å². The van der Waals surface area contributed by atoms with Crippen molar-refractivity contribution in [3.63, 3.8) is 0 Å². The topological polar surface area (TPSA) is 88.4 Å². The minimum atomic E-state index is -0.145. The fourth-order valence-electron chi connectivity index (χ4n) is 4.82. The monoisotopic (exact) mass is 384 g/mol. The molecule has 6 rings (SSSR count). The third-order valence-corrected chi connectivity index (χ3v) is 6.25. The number of fused-ring (bicyclic) bond motifs is 6. The van der Waals surface area contributed by atoms with E-state index in [0.29, 0.717) is 5.82 Å². The van der Waals surface area contributed by atoms with Gasteiger partial charge in [0.25, 0.3) is 0 Å². The van der Waals surface area contributed by atoms with Crippen LogP contribution in [-0.4, -0.2) is 41.5 Å². The molecule has 0 radical (unpaired) electrons. The van der Waals surface area contributed by atoms with E-state index in [1.54, 1.807) is 12.5 Å². The van der Waals surface area contributed by atoms with Gasteiger partial charge < -0.3 is 4.90 Å². The van der Waals surface area contributed by atoms with Crippen LogP contribution < -0.4 is 4.90 Å². The van der Waals surface area contributed by atoms with Crippen molar-refractivity contribution in [1.82, 2.24) is 34.9 Å². The zero-order valence-electron chi connectivity index (χ0n) is 16.1. The zero-order chi connectivity index (χ0) is 19.4. The smallest absolute Gasteiger partial charge is 0.165 e. The van der Waals surface area contributed by atoms with Crippen LogP contribution >= 0.6 is 0 Å². The lowest BCUT2D eigenvalue weighted by molar-refractivity contribution is 0.382. The summed E-state index contributed by atoms with van der Waals surface area (Å²) < 4.78 is 2.05. The second-order valence-corrected chi connectivity index (χ2v) is 7.59. The Morgan fingerprint density at radius 1 is 1.17 bits per heavy atom. The Bertz CT molecular complexity index is 1190. The fraction of sp³-hybridized carbons (Fsp3) is 0.286. The van der Waals surface area contributed by atoms with Gasteiger partial charge in [-0.1, -0.05) is 37.3 Å². The maximum atomic E-state index is 5.03. The molecule has 144 valence electrons. The molecule has 0 saturated carbocycles. The molecule has 5 heterocycles. The largest absolute Gasteiger partial charge is 0.342 e. The highest BCUT2D eigenvalue weighted by atomic mass is 15.4. The second-order valence-electron chi connectivity index (χ2n) is 7.59. The Morgan fingerprint density at radius 3 is 2.93 bits per heavy atom. The van der Waals surface area contributed by atoms with Gasteiger partial charge in [-0.2, -0.15) is 5.10 Å². The average Bonchev–Trinajstić information content (AvgIpc) is 3.53. The summed E-state index contributed by atoms with van der Waals surface area (Å²) in [5.74, 6) is 2.61. The Kier molecular flexibility index (Phi) is 3.38. The van der Waals surface area contributed by atoms with Gasteiger partial charge in [0.2, 0.25) is 0 Å². The third-order valence-electron chi connectivity index (χ3n) is 6.25. The number of rotatable bonds is 3. The molecule has 1 unspecified atom stereocenters.